The zero-order valence-corrected chi connectivity index (χ0v) is 10.6. The summed E-state index contributed by atoms with van der Waals surface area (Å²) in [7, 11) is 0. The van der Waals surface area contributed by atoms with Crippen LogP contribution in [0.5, 0.6) is 0 Å². The molecule has 1 aliphatic rings. The highest BCUT2D eigenvalue weighted by Gasteiger charge is 2.25. The largest absolute Gasteiger partial charge is 0.394 e. The van der Waals surface area contributed by atoms with Gasteiger partial charge in [0.15, 0.2) is 0 Å². The molecule has 4 heteroatoms. The molecule has 0 spiro atoms. The first-order valence-electron chi connectivity index (χ1n) is 5.51. The molecule has 2 nitrogen and oxygen atoms in total. The third kappa shape index (κ3) is 2.84. The Kier molecular flexibility index (Phi) is 4.38. The first kappa shape index (κ1) is 12.1. The Hall–Kier alpha value is -0.380. The molecule has 0 aliphatic carbocycles. The molecule has 0 saturated carbocycles. The fourth-order valence-corrected chi connectivity index (χ4v) is 3.49. The van der Waals surface area contributed by atoms with E-state index in [2.05, 4.69) is 5.32 Å². The number of thioether (sulfide) groups is 1. The van der Waals surface area contributed by atoms with Crippen molar-refractivity contribution >= 4 is 29.1 Å². The van der Waals surface area contributed by atoms with E-state index in [1.807, 2.05) is 36.0 Å². The number of benzene rings is 1. The molecule has 0 amide bonds. The van der Waals surface area contributed by atoms with E-state index in [-0.39, 0.29) is 12.6 Å². The zero-order valence-electron chi connectivity index (χ0n) is 9.03. The molecule has 0 bridgehead atoms. The molecule has 2 N–H and O–H groups in total. The molecule has 0 radical (unpaired) electrons. The molecule has 16 heavy (non-hydrogen) atoms. The molecule has 1 saturated heterocycles. The van der Waals surface area contributed by atoms with Gasteiger partial charge in [0.25, 0.3) is 0 Å². The zero-order chi connectivity index (χ0) is 11.4. The lowest BCUT2D eigenvalue weighted by molar-refractivity contribution is 0.245. The predicted molar refractivity (Wildman–Crippen MR) is 71.4 cm³/mol. The minimum Gasteiger partial charge on any atom is -0.394 e. The maximum absolute atomic E-state index is 9.42. The molecule has 0 aromatic heterocycles. The molecule has 1 aromatic rings. The Balaban J connectivity index is 2.03. The van der Waals surface area contributed by atoms with E-state index in [0.717, 1.165) is 11.4 Å². The topological polar surface area (TPSA) is 32.3 Å². The third-order valence-corrected chi connectivity index (χ3v) is 4.46. The smallest absolute Gasteiger partial charge is 0.0637 e. The van der Waals surface area contributed by atoms with Crippen LogP contribution in [0.3, 0.4) is 0 Å². The Morgan fingerprint density at radius 2 is 2.31 bits per heavy atom. The second kappa shape index (κ2) is 5.80. The minimum atomic E-state index is 0.120. The van der Waals surface area contributed by atoms with Crippen molar-refractivity contribution in [2.75, 3.05) is 23.4 Å². The van der Waals surface area contributed by atoms with E-state index in [1.165, 1.54) is 12.2 Å². The van der Waals surface area contributed by atoms with Crippen LogP contribution in [0.15, 0.2) is 24.3 Å². The summed E-state index contributed by atoms with van der Waals surface area (Å²) in [6, 6.07) is 7.79. The van der Waals surface area contributed by atoms with Crippen molar-refractivity contribution in [1.29, 1.82) is 0 Å². The SMILES string of the molecule is OCC(Nc1ccccc1Cl)C1CCSC1. The fraction of sp³-hybridized carbons (Fsp3) is 0.500. The molecule has 88 valence electrons. The lowest BCUT2D eigenvalue weighted by atomic mass is 9.99. The molecule has 1 aromatic carbocycles. The summed E-state index contributed by atoms with van der Waals surface area (Å²) in [6.45, 7) is 0.163. The van der Waals surface area contributed by atoms with Gasteiger partial charge >= 0.3 is 0 Å². The van der Waals surface area contributed by atoms with Gasteiger partial charge in [-0.1, -0.05) is 23.7 Å². The van der Waals surface area contributed by atoms with Crippen LogP contribution in [0, 0.1) is 5.92 Å². The van der Waals surface area contributed by atoms with Gasteiger partial charge in [0.05, 0.1) is 23.4 Å². The van der Waals surface area contributed by atoms with Gasteiger partial charge in [0.1, 0.15) is 0 Å². The fourth-order valence-electron chi connectivity index (χ4n) is 1.96. The van der Waals surface area contributed by atoms with Gasteiger partial charge in [-0.15, -0.1) is 0 Å². The van der Waals surface area contributed by atoms with Gasteiger partial charge < -0.3 is 10.4 Å². The first-order chi connectivity index (χ1) is 7.81. The number of nitrogens with one attached hydrogen (secondary N) is 1. The summed E-state index contributed by atoms with van der Waals surface area (Å²) in [5, 5.41) is 13.5. The van der Waals surface area contributed by atoms with Crippen LogP contribution in [-0.2, 0) is 0 Å². The molecular weight excluding hydrogens is 242 g/mol. The van der Waals surface area contributed by atoms with Crippen molar-refractivity contribution in [3.05, 3.63) is 29.3 Å². The third-order valence-electron chi connectivity index (χ3n) is 2.95. The molecule has 2 rings (SSSR count). The molecule has 1 aliphatic heterocycles. The number of hydrogen-bond donors (Lipinski definition) is 2. The summed E-state index contributed by atoms with van der Waals surface area (Å²) in [4.78, 5) is 0. The highest BCUT2D eigenvalue weighted by Crippen LogP contribution is 2.29. The van der Waals surface area contributed by atoms with Crippen molar-refractivity contribution in [2.45, 2.75) is 12.5 Å². The number of halogens is 1. The highest BCUT2D eigenvalue weighted by molar-refractivity contribution is 7.99. The van der Waals surface area contributed by atoms with Crippen molar-refractivity contribution in [3.63, 3.8) is 0 Å². The van der Waals surface area contributed by atoms with E-state index < -0.39 is 0 Å². The number of aliphatic hydroxyl groups excluding tert-OH is 1. The van der Waals surface area contributed by atoms with Crippen LogP contribution in [0.2, 0.25) is 5.02 Å². The predicted octanol–water partition coefficient (Wildman–Crippen LogP) is 2.87. The Labute approximate surface area is 105 Å². The summed E-state index contributed by atoms with van der Waals surface area (Å²) < 4.78 is 0. The van der Waals surface area contributed by atoms with Gasteiger partial charge in [0, 0.05) is 0 Å². The van der Waals surface area contributed by atoms with Gasteiger partial charge in [-0.25, -0.2) is 0 Å². The van der Waals surface area contributed by atoms with Crippen molar-refractivity contribution < 1.29 is 5.11 Å². The van der Waals surface area contributed by atoms with Gasteiger partial charge in [0.2, 0.25) is 0 Å². The maximum atomic E-state index is 9.42. The van der Waals surface area contributed by atoms with Crippen LogP contribution in [0.1, 0.15) is 6.42 Å². The van der Waals surface area contributed by atoms with Gasteiger partial charge in [-0.05, 0) is 36.0 Å². The average molecular weight is 258 g/mol. The Morgan fingerprint density at radius 1 is 1.50 bits per heavy atom. The molecule has 1 fully saturated rings. The monoisotopic (exact) mass is 257 g/mol. The Morgan fingerprint density at radius 3 is 2.94 bits per heavy atom. The highest BCUT2D eigenvalue weighted by atomic mass is 35.5. The maximum Gasteiger partial charge on any atom is 0.0637 e. The quantitative estimate of drug-likeness (QED) is 0.870. The van der Waals surface area contributed by atoms with E-state index in [0.29, 0.717) is 10.9 Å². The van der Waals surface area contributed by atoms with Gasteiger partial charge in [-0.2, -0.15) is 11.8 Å². The van der Waals surface area contributed by atoms with Crippen LogP contribution in [0.25, 0.3) is 0 Å². The molecular formula is C12H16ClNOS. The number of aliphatic hydroxyl groups is 1. The van der Waals surface area contributed by atoms with E-state index in [4.69, 9.17) is 11.6 Å². The van der Waals surface area contributed by atoms with Crippen molar-refractivity contribution in [2.24, 2.45) is 5.92 Å². The first-order valence-corrected chi connectivity index (χ1v) is 7.04. The lowest BCUT2D eigenvalue weighted by Gasteiger charge is -2.23. The van der Waals surface area contributed by atoms with Crippen LogP contribution in [-0.4, -0.2) is 29.3 Å². The van der Waals surface area contributed by atoms with Crippen LogP contribution >= 0.6 is 23.4 Å². The molecule has 2 atom stereocenters. The number of rotatable bonds is 4. The molecule has 1 heterocycles. The summed E-state index contributed by atoms with van der Waals surface area (Å²) >= 11 is 8.04. The number of hydrogen-bond acceptors (Lipinski definition) is 3. The average Bonchev–Trinajstić information content (AvgIpc) is 2.81. The minimum absolute atomic E-state index is 0.120. The van der Waals surface area contributed by atoms with Crippen LogP contribution in [0.4, 0.5) is 5.69 Å². The second-order valence-corrected chi connectivity index (χ2v) is 5.59. The van der Waals surface area contributed by atoms with E-state index in [1.54, 1.807) is 0 Å². The standard InChI is InChI=1S/C12H16ClNOS/c13-10-3-1-2-4-11(10)14-12(7-15)9-5-6-16-8-9/h1-4,9,12,14-15H,5-8H2. The van der Waals surface area contributed by atoms with Gasteiger partial charge in [-0.3, -0.25) is 0 Å². The second-order valence-electron chi connectivity index (χ2n) is 4.04. The summed E-state index contributed by atoms with van der Waals surface area (Å²) in [5.74, 6) is 2.87. The number of anilines is 1. The summed E-state index contributed by atoms with van der Waals surface area (Å²) in [5.41, 5.74) is 0.917. The molecule has 2 unspecified atom stereocenters. The van der Waals surface area contributed by atoms with E-state index in [9.17, 15) is 5.11 Å². The Bertz CT molecular complexity index is 342. The number of para-hydroxylation sites is 1. The van der Waals surface area contributed by atoms with Crippen molar-refractivity contribution in [1.82, 2.24) is 0 Å². The van der Waals surface area contributed by atoms with Crippen LogP contribution < -0.4 is 5.32 Å². The van der Waals surface area contributed by atoms with Crippen molar-refractivity contribution in [3.8, 4) is 0 Å². The lowest BCUT2D eigenvalue weighted by Crippen LogP contribution is -2.32. The summed E-state index contributed by atoms with van der Waals surface area (Å²) in [6.07, 6.45) is 1.17. The van der Waals surface area contributed by atoms with E-state index >= 15 is 0 Å². The normalized spacial score (nSPS) is 22.0.